The van der Waals surface area contributed by atoms with Gasteiger partial charge in [-0.2, -0.15) is 0 Å². The number of nitro groups is 1. The minimum atomic E-state index is -0.631. The summed E-state index contributed by atoms with van der Waals surface area (Å²) in [6.45, 7) is 0. The van der Waals surface area contributed by atoms with Crippen LogP contribution in [0.1, 0.15) is 10.4 Å². The van der Waals surface area contributed by atoms with Crippen molar-refractivity contribution in [2.75, 3.05) is 5.32 Å². The zero-order chi connectivity index (χ0) is 17.1. The van der Waals surface area contributed by atoms with Crippen LogP contribution in [-0.4, -0.2) is 21.0 Å². The van der Waals surface area contributed by atoms with Crippen molar-refractivity contribution in [3.8, 4) is 11.5 Å². The number of nitrogens with one attached hydrogen (secondary N) is 1. The van der Waals surface area contributed by atoms with Gasteiger partial charge in [0, 0.05) is 23.3 Å². The third kappa shape index (κ3) is 3.24. The van der Waals surface area contributed by atoms with Crippen molar-refractivity contribution in [3.63, 3.8) is 0 Å². The van der Waals surface area contributed by atoms with Gasteiger partial charge in [0.05, 0.1) is 4.92 Å². The fraction of sp³-hybridized carbons (Fsp3) is 0. The number of nitrogens with zero attached hydrogens (tertiary/aromatic N) is 3. The number of carbonyl (C=O) groups excluding carboxylic acids is 1. The Morgan fingerprint density at radius 3 is 2.62 bits per heavy atom. The highest BCUT2D eigenvalue weighted by Crippen LogP contribution is 2.21. The number of amides is 1. The minimum Gasteiger partial charge on any atom is -0.403 e. The third-order valence-corrected chi connectivity index (χ3v) is 3.06. The highest BCUT2D eigenvalue weighted by molar-refractivity contribution is 6.03. The van der Waals surface area contributed by atoms with E-state index < -0.39 is 16.6 Å². The molecule has 0 atom stereocenters. The summed E-state index contributed by atoms with van der Waals surface area (Å²) in [5.41, 5.74) is 0.352. The number of rotatable bonds is 4. The maximum absolute atomic E-state index is 12.9. The Hall–Kier alpha value is -3.62. The van der Waals surface area contributed by atoms with Crippen LogP contribution in [0.15, 0.2) is 52.9 Å². The molecule has 0 spiro atoms. The molecule has 0 saturated heterocycles. The molecule has 3 rings (SSSR count). The number of anilines is 1. The van der Waals surface area contributed by atoms with Crippen LogP contribution in [0.3, 0.4) is 0 Å². The van der Waals surface area contributed by atoms with Gasteiger partial charge in [0.2, 0.25) is 5.89 Å². The van der Waals surface area contributed by atoms with Crippen molar-refractivity contribution in [1.82, 2.24) is 10.2 Å². The second kappa shape index (κ2) is 6.24. The van der Waals surface area contributed by atoms with Gasteiger partial charge in [-0.25, -0.2) is 4.39 Å². The molecule has 3 aromatic rings. The predicted molar refractivity (Wildman–Crippen MR) is 80.7 cm³/mol. The predicted octanol–water partition coefficient (Wildman–Crippen LogP) is 3.04. The molecule has 8 nitrogen and oxygen atoms in total. The first kappa shape index (κ1) is 15.3. The number of nitro benzene ring substituents is 1. The van der Waals surface area contributed by atoms with E-state index in [2.05, 4.69) is 15.5 Å². The molecule has 0 bridgehead atoms. The van der Waals surface area contributed by atoms with Gasteiger partial charge in [0.25, 0.3) is 11.6 Å². The molecule has 120 valence electrons. The van der Waals surface area contributed by atoms with E-state index >= 15 is 0 Å². The average Bonchev–Trinajstić information content (AvgIpc) is 3.04. The standard InChI is InChI=1S/C15H9FN4O4/c16-11-6-4-9(5-7-11)14-18-19-15(24-14)17-13(21)10-2-1-3-12(8-10)20(22)23/h1-8H,(H,17,19,21). The van der Waals surface area contributed by atoms with Gasteiger partial charge in [0.15, 0.2) is 0 Å². The lowest BCUT2D eigenvalue weighted by Crippen LogP contribution is -2.12. The van der Waals surface area contributed by atoms with E-state index in [9.17, 15) is 19.3 Å². The summed E-state index contributed by atoms with van der Waals surface area (Å²) in [7, 11) is 0. The normalized spacial score (nSPS) is 10.4. The Balaban J connectivity index is 1.77. The largest absolute Gasteiger partial charge is 0.403 e. The van der Waals surface area contributed by atoms with Crippen molar-refractivity contribution in [2.24, 2.45) is 0 Å². The number of hydrogen-bond acceptors (Lipinski definition) is 6. The second-order valence-corrected chi connectivity index (χ2v) is 4.68. The van der Waals surface area contributed by atoms with Crippen LogP contribution in [0.25, 0.3) is 11.5 Å². The van der Waals surface area contributed by atoms with Gasteiger partial charge in [-0.1, -0.05) is 11.2 Å². The number of hydrogen-bond donors (Lipinski definition) is 1. The Labute approximate surface area is 134 Å². The zero-order valence-corrected chi connectivity index (χ0v) is 12.0. The van der Waals surface area contributed by atoms with E-state index in [1.165, 1.54) is 42.5 Å². The average molecular weight is 328 g/mol. The van der Waals surface area contributed by atoms with Crippen LogP contribution in [0.4, 0.5) is 16.1 Å². The number of halogens is 1. The van der Waals surface area contributed by atoms with Crippen molar-refractivity contribution in [2.45, 2.75) is 0 Å². The molecule has 0 fully saturated rings. The van der Waals surface area contributed by atoms with E-state index in [1.807, 2.05) is 0 Å². The van der Waals surface area contributed by atoms with Crippen LogP contribution in [-0.2, 0) is 0 Å². The van der Waals surface area contributed by atoms with Crippen LogP contribution in [0.2, 0.25) is 0 Å². The summed E-state index contributed by atoms with van der Waals surface area (Å²) in [6.07, 6.45) is 0. The Morgan fingerprint density at radius 1 is 1.17 bits per heavy atom. The van der Waals surface area contributed by atoms with Gasteiger partial charge in [-0.3, -0.25) is 20.2 Å². The number of non-ortho nitro benzene ring substituents is 1. The highest BCUT2D eigenvalue weighted by atomic mass is 19.1. The third-order valence-electron chi connectivity index (χ3n) is 3.06. The summed E-state index contributed by atoms with van der Waals surface area (Å²) in [4.78, 5) is 22.2. The molecule has 0 aliphatic carbocycles. The van der Waals surface area contributed by atoms with Crippen LogP contribution >= 0.6 is 0 Å². The lowest BCUT2D eigenvalue weighted by molar-refractivity contribution is -0.384. The summed E-state index contributed by atoms with van der Waals surface area (Å²) >= 11 is 0. The topological polar surface area (TPSA) is 111 Å². The minimum absolute atomic E-state index is 0.0748. The first-order valence-corrected chi connectivity index (χ1v) is 6.68. The van der Waals surface area contributed by atoms with Gasteiger partial charge in [-0.05, 0) is 30.3 Å². The summed E-state index contributed by atoms with van der Waals surface area (Å²) in [5, 5.41) is 20.5. The summed E-state index contributed by atoms with van der Waals surface area (Å²) in [5.74, 6) is -0.935. The Kier molecular flexibility index (Phi) is 3.98. The van der Waals surface area contributed by atoms with Gasteiger partial charge in [0.1, 0.15) is 5.82 Å². The van der Waals surface area contributed by atoms with Crippen molar-refractivity contribution < 1.29 is 18.5 Å². The van der Waals surface area contributed by atoms with Crippen molar-refractivity contribution in [3.05, 3.63) is 70.0 Å². The maximum atomic E-state index is 12.9. The Morgan fingerprint density at radius 2 is 1.92 bits per heavy atom. The fourth-order valence-electron chi connectivity index (χ4n) is 1.91. The SMILES string of the molecule is O=C(Nc1nnc(-c2ccc(F)cc2)o1)c1cccc([N+](=O)[O-])c1. The maximum Gasteiger partial charge on any atom is 0.322 e. The molecular weight excluding hydrogens is 319 g/mol. The molecule has 0 aliphatic rings. The fourth-order valence-corrected chi connectivity index (χ4v) is 1.91. The number of aromatic nitrogens is 2. The number of benzene rings is 2. The van der Waals surface area contributed by atoms with E-state index in [4.69, 9.17) is 4.42 Å². The monoisotopic (exact) mass is 328 g/mol. The highest BCUT2D eigenvalue weighted by Gasteiger charge is 2.15. The lowest BCUT2D eigenvalue weighted by Gasteiger charge is -2.00. The van der Waals surface area contributed by atoms with E-state index in [1.54, 1.807) is 0 Å². The Bertz CT molecular complexity index is 908. The van der Waals surface area contributed by atoms with Crippen molar-refractivity contribution >= 4 is 17.6 Å². The quantitative estimate of drug-likeness (QED) is 0.582. The van der Waals surface area contributed by atoms with Gasteiger partial charge < -0.3 is 4.42 Å². The smallest absolute Gasteiger partial charge is 0.322 e. The van der Waals surface area contributed by atoms with E-state index in [0.717, 1.165) is 6.07 Å². The first-order valence-electron chi connectivity index (χ1n) is 6.68. The molecule has 9 heteroatoms. The van der Waals surface area contributed by atoms with Crippen molar-refractivity contribution in [1.29, 1.82) is 0 Å². The van der Waals surface area contributed by atoms with Crippen LogP contribution < -0.4 is 5.32 Å². The molecule has 24 heavy (non-hydrogen) atoms. The molecule has 2 aromatic carbocycles. The molecule has 1 heterocycles. The molecule has 0 aliphatic heterocycles. The summed E-state index contributed by atoms with van der Waals surface area (Å²) in [6, 6.07) is 10.4. The summed E-state index contributed by atoms with van der Waals surface area (Å²) < 4.78 is 18.2. The lowest BCUT2D eigenvalue weighted by atomic mass is 10.2. The molecular formula is C15H9FN4O4. The van der Waals surface area contributed by atoms with E-state index in [0.29, 0.717) is 5.56 Å². The molecule has 0 saturated carbocycles. The molecule has 1 aromatic heterocycles. The molecule has 1 amide bonds. The molecule has 1 N–H and O–H groups in total. The van der Waals surface area contributed by atoms with Crippen LogP contribution in [0.5, 0.6) is 0 Å². The van der Waals surface area contributed by atoms with Gasteiger partial charge in [-0.15, -0.1) is 5.10 Å². The number of carbonyl (C=O) groups is 1. The van der Waals surface area contributed by atoms with Crippen LogP contribution in [0, 0.1) is 15.9 Å². The second-order valence-electron chi connectivity index (χ2n) is 4.68. The first-order chi connectivity index (χ1) is 11.5. The van der Waals surface area contributed by atoms with Gasteiger partial charge >= 0.3 is 6.01 Å². The molecule has 0 radical (unpaired) electrons. The molecule has 0 unspecified atom stereocenters. The zero-order valence-electron chi connectivity index (χ0n) is 12.0. The van der Waals surface area contributed by atoms with E-state index in [-0.39, 0.29) is 23.2 Å².